The number of H-pyrrole nitrogens is 1. The summed E-state index contributed by atoms with van der Waals surface area (Å²) in [6, 6.07) is 0. The van der Waals surface area contributed by atoms with Gasteiger partial charge < -0.3 is 4.98 Å². The summed E-state index contributed by atoms with van der Waals surface area (Å²) in [4.78, 5) is 2.12. The number of halogens is 4. The first-order valence-electron chi connectivity index (χ1n) is 3.28. The molecule has 0 aliphatic heterocycles. The van der Waals surface area contributed by atoms with Crippen LogP contribution < -0.4 is 0 Å². The summed E-state index contributed by atoms with van der Waals surface area (Å²) in [5.41, 5.74) is -0.837. The standard InChI is InChI=1S/C7H7F4N/c1-3-4(6(8)9)2-12-5(3)7(10)11/h2,6-7,12H,1H3. The Morgan fingerprint density at radius 1 is 1.17 bits per heavy atom. The van der Waals surface area contributed by atoms with Crippen molar-refractivity contribution in [1.29, 1.82) is 0 Å². The maximum atomic E-state index is 12.0. The molecule has 1 aromatic heterocycles. The van der Waals surface area contributed by atoms with Crippen molar-refractivity contribution < 1.29 is 17.6 Å². The summed E-state index contributed by atoms with van der Waals surface area (Å²) >= 11 is 0. The first kappa shape index (κ1) is 9.09. The Morgan fingerprint density at radius 2 is 1.75 bits per heavy atom. The topological polar surface area (TPSA) is 15.8 Å². The van der Waals surface area contributed by atoms with Crippen LogP contribution in [0.25, 0.3) is 0 Å². The highest BCUT2D eigenvalue weighted by molar-refractivity contribution is 5.30. The Bertz CT molecular complexity index is 241. The van der Waals surface area contributed by atoms with Crippen molar-refractivity contribution in [3.05, 3.63) is 23.0 Å². The van der Waals surface area contributed by atoms with Gasteiger partial charge in [-0.1, -0.05) is 0 Å². The van der Waals surface area contributed by atoms with E-state index in [0.717, 1.165) is 6.20 Å². The fraction of sp³-hybridized carbons (Fsp3) is 0.429. The molecule has 1 nitrogen and oxygen atoms in total. The van der Waals surface area contributed by atoms with Crippen LogP contribution in [0.3, 0.4) is 0 Å². The number of hydrogen-bond acceptors (Lipinski definition) is 0. The van der Waals surface area contributed by atoms with E-state index in [-0.39, 0.29) is 11.1 Å². The second-order valence-electron chi connectivity index (χ2n) is 2.38. The normalized spacial score (nSPS) is 11.6. The molecule has 0 saturated carbocycles. The number of aromatic nitrogens is 1. The first-order chi connectivity index (χ1) is 5.54. The minimum absolute atomic E-state index is 0.0556. The molecule has 0 aliphatic rings. The lowest BCUT2D eigenvalue weighted by Gasteiger charge is -1.99. The lowest BCUT2D eigenvalue weighted by atomic mass is 10.2. The molecule has 0 radical (unpaired) electrons. The van der Waals surface area contributed by atoms with Gasteiger partial charge in [-0.05, 0) is 12.5 Å². The van der Waals surface area contributed by atoms with E-state index in [1.165, 1.54) is 6.92 Å². The number of rotatable bonds is 2. The molecule has 5 heteroatoms. The van der Waals surface area contributed by atoms with Crippen molar-refractivity contribution in [2.24, 2.45) is 0 Å². The molecule has 12 heavy (non-hydrogen) atoms. The van der Waals surface area contributed by atoms with Gasteiger partial charge >= 0.3 is 0 Å². The van der Waals surface area contributed by atoms with Gasteiger partial charge in [0.15, 0.2) is 0 Å². The molecule has 0 fully saturated rings. The van der Waals surface area contributed by atoms with Crippen LogP contribution in [-0.2, 0) is 0 Å². The van der Waals surface area contributed by atoms with E-state index in [0.29, 0.717) is 0 Å². The van der Waals surface area contributed by atoms with Gasteiger partial charge in [0.2, 0.25) is 0 Å². The number of alkyl halides is 4. The molecule has 1 rings (SSSR count). The fourth-order valence-electron chi connectivity index (χ4n) is 0.981. The summed E-state index contributed by atoms with van der Waals surface area (Å²) in [5, 5.41) is 0. The zero-order valence-electron chi connectivity index (χ0n) is 6.24. The fourth-order valence-corrected chi connectivity index (χ4v) is 0.981. The van der Waals surface area contributed by atoms with Crippen molar-refractivity contribution in [3.63, 3.8) is 0 Å². The van der Waals surface area contributed by atoms with Crippen LogP contribution >= 0.6 is 0 Å². The molecular weight excluding hydrogens is 174 g/mol. The molecule has 1 aromatic rings. The van der Waals surface area contributed by atoms with E-state index < -0.39 is 18.5 Å². The molecule has 0 aromatic carbocycles. The lowest BCUT2D eigenvalue weighted by molar-refractivity contribution is 0.143. The summed E-state index contributed by atoms with van der Waals surface area (Å²) < 4.78 is 48.1. The summed E-state index contributed by atoms with van der Waals surface area (Å²) in [7, 11) is 0. The molecule has 68 valence electrons. The predicted molar refractivity (Wildman–Crippen MR) is 35.4 cm³/mol. The monoisotopic (exact) mass is 181 g/mol. The highest BCUT2D eigenvalue weighted by Gasteiger charge is 2.19. The molecular formula is C7H7F4N. The predicted octanol–water partition coefficient (Wildman–Crippen LogP) is 3.20. The summed E-state index contributed by atoms with van der Waals surface area (Å²) in [6.07, 6.45) is -4.51. The van der Waals surface area contributed by atoms with Crippen molar-refractivity contribution in [2.75, 3.05) is 0 Å². The molecule has 0 atom stereocenters. The second-order valence-corrected chi connectivity index (χ2v) is 2.38. The van der Waals surface area contributed by atoms with E-state index in [1.54, 1.807) is 0 Å². The Hall–Kier alpha value is -1.00. The number of aromatic amines is 1. The second kappa shape index (κ2) is 3.16. The van der Waals surface area contributed by atoms with Crippen LogP contribution in [-0.4, -0.2) is 4.98 Å². The van der Waals surface area contributed by atoms with Crippen LogP contribution in [0.2, 0.25) is 0 Å². The zero-order valence-corrected chi connectivity index (χ0v) is 6.24. The van der Waals surface area contributed by atoms with E-state index >= 15 is 0 Å². The highest BCUT2D eigenvalue weighted by atomic mass is 19.3. The average Bonchev–Trinajstić information content (AvgIpc) is 2.30. The average molecular weight is 181 g/mol. The highest BCUT2D eigenvalue weighted by Crippen LogP contribution is 2.29. The van der Waals surface area contributed by atoms with Crippen LogP contribution in [0.4, 0.5) is 17.6 Å². The third kappa shape index (κ3) is 1.44. The maximum absolute atomic E-state index is 12.0. The third-order valence-corrected chi connectivity index (χ3v) is 1.67. The van der Waals surface area contributed by atoms with Gasteiger partial charge in [0.25, 0.3) is 12.9 Å². The van der Waals surface area contributed by atoms with Gasteiger partial charge in [-0.2, -0.15) is 0 Å². The van der Waals surface area contributed by atoms with Crippen molar-refractivity contribution in [1.82, 2.24) is 4.98 Å². The van der Waals surface area contributed by atoms with E-state index in [4.69, 9.17) is 0 Å². The van der Waals surface area contributed by atoms with Gasteiger partial charge in [-0.25, -0.2) is 17.6 Å². The molecule has 0 bridgehead atoms. The van der Waals surface area contributed by atoms with Gasteiger partial charge in [0.1, 0.15) is 0 Å². The van der Waals surface area contributed by atoms with E-state index in [9.17, 15) is 17.6 Å². The summed E-state index contributed by atoms with van der Waals surface area (Å²) in [5.74, 6) is 0. The van der Waals surface area contributed by atoms with Crippen molar-refractivity contribution in [3.8, 4) is 0 Å². The Balaban J connectivity index is 3.04. The molecule has 1 N–H and O–H groups in total. The van der Waals surface area contributed by atoms with Crippen LogP contribution in [0.15, 0.2) is 6.20 Å². The van der Waals surface area contributed by atoms with Crippen LogP contribution in [0.1, 0.15) is 29.7 Å². The molecule has 0 aliphatic carbocycles. The van der Waals surface area contributed by atoms with Gasteiger partial charge in [-0.15, -0.1) is 0 Å². The van der Waals surface area contributed by atoms with Gasteiger partial charge in [-0.3, -0.25) is 0 Å². The lowest BCUT2D eigenvalue weighted by Crippen LogP contribution is -1.89. The largest absolute Gasteiger partial charge is 0.360 e. The number of hydrogen-bond donors (Lipinski definition) is 1. The Kier molecular flexibility index (Phi) is 2.40. The molecule has 0 saturated heterocycles. The van der Waals surface area contributed by atoms with Crippen LogP contribution in [0.5, 0.6) is 0 Å². The minimum Gasteiger partial charge on any atom is -0.360 e. The Morgan fingerprint density at radius 3 is 2.00 bits per heavy atom. The van der Waals surface area contributed by atoms with E-state index in [2.05, 4.69) is 4.98 Å². The van der Waals surface area contributed by atoms with E-state index in [1.807, 2.05) is 0 Å². The summed E-state index contributed by atoms with van der Waals surface area (Å²) in [6.45, 7) is 1.25. The quantitative estimate of drug-likeness (QED) is 0.674. The molecule has 0 amide bonds. The van der Waals surface area contributed by atoms with Gasteiger partial charge in [0.05, 0.1) is 5.69 Å². The smallest absolute Gasteiger partial charge is 0.278 e. The van der Waals surface area contributed by atoms with Crippen molar-refractivity contribution >= 4 is 0 Å². The molecule has 0 unspecified atom stereocenters. The SMILES string of the molecule is Cc1c(C(F)F)c[nH]c1C(F)F. The van der Waals surface area contributed by atoms with Crippen LogP contribution in [0, 0.1) is 6.92 Å². The number of nitrogens with one attached hydrogen (secondary N) is 1. The molecule has 1 heterocycles. The third-order valence-electron chi connectivity index (χ3n) is 1.67. The maximum Gasteiger partial charge on any atom is 0.278 e. The molecule has 0 spiro atoms. The van der Waals surface area contributed by atoms with Gasteiger partial charge in [0, 0.05) is 11.8 Å². The minimum atomic E-state index is -2.72. The van der Waals surface area contributed by atoms with Crippen molar-refractivity contribution in [2.45, 2.75) is 19.8 Å². The first-order valence-corrected chi connectivity index (χ1v) is 3.28. The zero-order chi connectivity index (χ0) is 9.30. The Labute approximate surface area is 66.4 Å².